The third-order valence-electron chi connectivity index (χ3n) is 2.13. The van der Waals surface area contributed by atoms with Gasteiger partial charge in [-0.25, -0.2) is 0 Å². The Morgan fingerprint density at radius 2 is 1.77 bits per heavy atom. The molecule has 0 bridgehead atoms. The molecule has 76 valence electrons. The largest absolute Gasteiger partial charge is 0.355 e. The Bertz CT molecular complexity index is 174. The molecule has 0 fully saturated rings. The van der Waals surface area contributed by atoms with Crippen molar-refractivity contribution in [1.29, 1.82) is 0 Å². The molecule has 0 aliphatic carbocycles. The van der Waals surface area contributed by atoms with Crippen molar-refractivity contribution < 1.29 is 9.59 Å². The Balaban J connectivity index is 3.66. The molecule has 0 aliphatic heterocycles. The van der Waals surface area contributed by atoms with Gasteiger partial charge < -0.3 is 5.32 Å². The number of nitrogens with one attached hydrogen (secondary N) is 1. The second-order valence-corrected chi connectivity index (χ2v) is 3.26. The molecule has 0 aromatic heterocycles. The first kappa shape index (κ1) is 12.1. The van der Waals surface area contributed by atoms with E-state index in [2.05, 4.69) is 5.32 Å². The lowest BCUT2D eigenvalue weighted by Crippen LogP contribution is -2.31. The summed E-state index contributed by atoms with van der Waals surface area (Å²) < 4.78 is 0. The molecule has 0 radical (unpaired) electrons. The molecule has 3 nitrogen and oxygen atoms in total. The van der Waals surface area contributed by atoms with Gasteiger partial charge in [-0.3, -0.25) is 9.59 Å². The molecule has 0 aromatic carbocycles. The van der Waals surface area contributed by atoms with E-state index >= 15 is 0 Å². The van der Waals surface area contributed by atoms with Crippen molar-refractivity contribution in [2.45, 2.75) is 40.0 Å². The summed E-state index contributed by atoms with van der Waals surface area (Å²) in [4.78, 5) is 21.9. The maximum Gasteiger partial charge on any atom is 0.223 e. The second-order valence-electron chi connectivity index (χ2n) is 3.26. The summed E-state index contributed by atoms with van der Waals surface area (Å²) in [6.07, 6.45) is 2.16. The first-order chi connectivity index (χ1) is 6.11. The Morgan fingerprint density at radius 3 is 2.15 bits per heavy atom. The third kappa shape index (κ3) is 5.39. The number of Topliss-reactive ketones (excluding diaryl/α,β-unsaturated/α-hetero) is 1. The number of amides is 1. The molecule has 0 heterocycles. The van der Waals surface area contributed by atoms with Crippen LogP contribution in [0.15, 0.2) is 0 Å². The molecule has 0 aromatic rings. The fraction of sp³-hybridized carbons (Fsp3) is 0.800. The molecule has 0 aliphatic rings. The molecule has 0 spiro atoms. The van der Waals surface area contributed by atoms with Gasteiger partial charge >= 0.3 is 0 Å². The van der Waals surface area contributed by atoms with E-state index in [9.17, 15) is 9.59 Å². The van der Waals surface area contributed by atoms with Gasteiger partial charge in [-0.1, -0.05) is 13.8 Å². The zero-order valence-electron chi connectivity index (χ0n) is 8.72. The third-order valence-corrected chi connectivity index (χ3v) is 2.13. The van der Waals surface area contributed by atoms with Crippen LogP contribution in [0.5, 0.6) is 0 Å². The van der Waals surface area contributed by atoms with Crippen LogP contribution in [-0.4, -0.2) is 18.2 Å². The van der Waals surface area contributed by atoms with Gasteiger partial charge in [-0.05, 0) is 19.8 Å². The maximum absolute atomic E-state index is 11.4. The standard InChI is InChI=1S/C10H19NO2/c1-4-9(5-2)10(13)11-7-6-8(3)12/h9H,4-7H2,1-3H3,(H,11,13). The quantitative estimate of drug-likeness (QED) is 0.682. The summed E-state index contributed by atoms with van der Waals surface area (Å²) in [5.74, 6) is 0.294. The van der Waals surface area contributed by atoms with E-state index in [1.165, 1.54) is 6.92 Å². The van der Waals surface area contributed by atoms with Gasteiger partial charge in [-0.2, -0.15) is 0 Å². The summed E-state index contributed by atoms with van der Waals surface area (Å²) in [6, 6.07) is 0. The second kappa shape index (κ2) is 6.63. The number of hydrogen-bond donors (Lipinski definition) is 1. The van der Waals surface area contributed by atoms with E-state index < -0.39 is 0 Å². The topological polar surface area (TPSA) is 46.2 Å². The minimum Gasteiger partial charge on any atom is -0.355 e. The highest BCUT2D eigenvalue weighted by Crippen LogP contribution is 2.06. The smallest absolute Gasteiger partial charge is 0.223 e. The van der Waals surface area contributed by atoms with Crippen LogP contribution in [0.1, 0.15) is 40.0 Å². The Hall–Kier alpha value is -0.860. The number of carbonyl (C=O) groups excluding carboxylic acids is 2. The van der Waals surface area contributed by atoms with Crippen molar-refractivity contribution >= 4 is 11.7 Å². The van der Waals surface area contributed by atoms with Gasteiger partial charge in [0.05, 0.1) is 0 Å². The van der Waals surface area contributed by atoms with E-state index in [0.717, 1.165) is 12.8 Å². The Labute approximate surface area is 79.9 Å². The average molecular weight is 185 g/mol. The fourth-order valence-corrected chi connectivity index (χ4v) is 1.17. The van der Waals surface area contributed by atoms with Crippen molar-refractivity contribution in [2.75, 3.05) is 6.54 Å². The van der Waals surface area contributed by atoms with E-state index in [1.807, 2.05) is 13.8 Å². The van der Waals surface area contributed by atoms with E-state index in [4.69, 9.17) is 0 Å². The van der Waals surface area contributed by atoms with Crippen molar-refractivity contribution in [3.05, 3.63) is 0 Å². The van der Waals surface area contributed by atoms with Crippen LogP contribution < -0.4 is 5.32 Å². The highest BCUT2D eigenvalue weighted by molar-refractivity contribution is 5.80. The van der Waals surface area contributed by atoms with E-state index in [1.54, 1.807) is 0 Å². The maximum atomic E-state index is 11.4. The molecule has 0 unspecified atom stereocenters. The number of carbonyl (C=O) groups is 2. The predicted molar refractivity (Wildman–Crippen MR) is 52.4 cm³/mol. The normalized spacial score (nSPS) is 10.2. The minimum atomic E-state index is 0.0752. The first-order valence-electron chi connectivity index (χ1n) is 4.88. The summed E-state index contributed by atoms with van der Waals surface area (Å²) in [6.45, 7) is 6.01. The lowest BCUT2D eigenvalue weighted by atomic mass is 10.0. The predicted octanol–water partition coefficient (Wildman–Crippen LogP) is 1.52. The Morgan fingerprint density at radius 1 is 1.23 bits per heavy atom. The van der Waals surface area contributed by atoms with Gasteiger partial charge in [0.25, 0.3) is 0 Å². The summed E-state index contributed by atoms with van der Waals surface area (Å²) in [5.41, 5.74) is 0. The van der Waals surface area contributed by atoms with Crippen LogP contribution in [0.4, 0.5) is 0 Å². The summed E-state index contributed by atoms with van der Waals surface area (Å²) >= 11 is 0. The lowest BCUT2D eigenvalue weighted by Gasteiger charge is -2.11. The van der Waals surface area contributed by atoms with Crippen LogP contribution in [-0.2, 0) is 9.59 Å². The van der Waals surface area contributed by atoms with Crippen molar-refractivity contribution in [3.63, 3.8) is 0 Å². The van der Waals surface area contributed by atoms with Crippen LogP contribution in [0, 0.1) is 5.92 Å². The van der Waals surface area contributed by atoms with Gasteiger partial charge in [-0.15, -0.1) is 0 Å². The molecule has 0 saturated heterocycles. The number of rotatable bonds is 6. The van der Waals surface area contributed by atoms with Crippen LogP contribution in [0.2, 0.25) is 0 Å². The number of hydrogen-bond acceptors (Lipinski definition) is 2. The summed E-state index contributed by atoms with van der Waals surface area (Å²) in [5, 5.41) is 2.76. The van der Waals surface area contributed by atoms with Crippen LogP contribution >= 0.6 is 0 Å². The van der Waals surface area contributed by atoms with Gasteiger partial charge in [0, 0.05) is 18.9 Å². The zero-order valence-corrected chi connectivity index (χ0v) is 8.72. The highest BCUT2D eigenvalue weighted by atomic mass is 16.2. The number of ketones is 1. The van der Waals surface area contributed by atoms with Crippen LogP contribution in [0.25, 0.3) is 0 Å². The van der Waals surface area contributed by atoms with Crippen molar-refractivity contribution in [3.8, 4) is 0 Å². The molecule has 3 heteroatoms. The molecule has 0 atom stereocenters. The van der Waals surface area contributed by atoms with Gasteiger partial charge in [0.15, 0.2) is 0 Å². The van der Waals surface area contributed by atoms with Crippen molar-refractivity contribution in [2.24, 2.45) is 5.92 Å². The SMILES string of the molecule is CCC(CC)C(=O)NCCC(C)=O. The first-order valence-corrected chi connectivity index (χ1v) is 4.88. The minimum absolute atomic E-state index is 0.0752. The highest BCUT2D eigenvalue weighted by Gasteiger charge is 2.12. The summed E-state index contributed by atoms with van der Waals surface area (Å²) in [7, 11) is 0. The van der Waals surface area contributed by atoms with Crippen LogP contribution in [0.3, 0.4) is 0 Å². The van der Waals surface area contributed by atoms with Gasteiger partial charge in [0.1, 0.15) is 5.78 Å². The molecule has 13 heavy (non-hydrogen) atoms. The molecule has 0 saturated carbocycles. The molecular formula is C10H19NO2. The lowest BCUT2D eigenvalue weighted by molar-refractivity contribution is -0.125. The van der Waals surface area contributed by atoms with E-state index in [-0.39, 0.29) is 17.6 Å². The zero-order chi connectivity index (χ0) is 10.3. The molecule has 0 rings (SSSR count). The average Bonchev–Trinajstić information content (AvgIpc) is 2.05. The van der Waals surface area contributed by atoms with E-state index in [0.29, 0.717) is 13.0 Å². The molecule has 1 amide bonds. The fourth-order valence-electron chi connectivity index (χ4n) is 1.17. The van der Waals surface area contributed by atoms with Gasteiger partial charge in [0.2, 0.25) is 5.91 Å². The molecular weight excluding hydrogens is 166 g/mol. The van der Waals surface area contributed by atoms with Crippen molar-refractivity contribution in [1.82, 2.24) is 5.32 Å². The monoisotopic (exact) mass is 185 g/mol. The molecule has 1 N–H and O–H groups in total. The Kier molecular flexibility index (Phi) is 6.20.